The normalized spacial score (nSPS) is 10.4. The highest BCUT2D eigenvalue weighted by atomic mass is 15.1. The molecule has 0 radical (unpaired) electrons. The Bertz CT molecular complexity index is 489. The van der Waals surface area contributed by atoms with Gasteiger partial charge in [0, 0.05) is 32.1 Å². The number of aromatic nitrogens is 4. The Hall–Kier alpha value is -1.91. The summed E-state index contributed by atoms with van der Waals surface area (Å²) in [7, 11) is 3.83. The molecule has 0 atom stereocenters. The summed E-state index contributed by atoms with van der Waals surface area (Å²) in [5.74, 6) is 1.74. The zero-order valence-electron chi connectivity index (χ0n) is 9.73. The van der Waals surface area contributed by atoms with E-state index >= 15 is 0 Å². The van der Waals surface area contributed by atoms with Crippen LogP contribution in [0.15, 0.2) is 18.7 Å². The van der Waals surface area contributed by atoms with E-state index in [1.165, 1.54) is 0 Å². The van der Waals surface area contributed by atoms with Crippen molar-refractivity contribution in [2.45, 2.75) is 13.3 Å². The monoisotopic (exact) mass is 217 g/mol. The Labute approximate surface area is 94.6 Å². The fourth-order valence-electron chi connectivity index (χ4n) is 1.75. The Balaban J connectivity index is 2.61. The molecule has 5 heteroatoms. The summed E-state index contributed by atoms with van der Waals surface area (Å²) in [6.07, 6.45) is 6.13. The summed E-state index contributed by atoms with van der Waals surface area (Å²) in [4.78, 5) is 12.9. The summed E-state index contributed by atoms with van der Waals surface area (Å²) in [5, 5.41) is 3.08. The molecule has 0 bridgehead atoms. The molecular weight excluding hydrogens is 202 g/mol. The van der Waals surface area contributed by atoms with E-state index in [0.717, 1.165) is 29.3 Å². The largest absolute Gasteiger partial charge is 0.373 e. The van der Waals surface area contributed by atoms with Crippen LogP contribution in [-0.2, 0) is 13.5 Å². The lowest BCUT2D eigenvalue weighted by atomic mass is 10.1. The minimum atomic E-state index is 0.871. The van der Waals surface area contributed by atoms with Crippen LogP contribution >= 0.6 is 0 Å². The van der Waals surface area contributed by atoms with Gasteiger partial charge in [0.05, 0.1) is 0 Å². The van der Waals surface area contributed by atoms with Gasteiger partial charge in [0.25, 0.3) is 0 Å². The second-order valence-corrected chi connectivity index (χ2v) is 3.51. The van der Waals surface area contributed by atoms with E-state index in [1.54, 1.807) is 12.5 Å². The van der Waals surface area contributed by atoms with Crippen molar-refractivity contribution >= 4 is 5.82 Å². The molecule has 2 aromatic rings. The van der Waals surface area contributed by atoms with Crippen LogP contribution in [0.25, 0.3) is 11.5 Å². The lowest BCUT2D eigenvalue weighted by Gasteiger charge is -2.10. The van der Waals surface area contributed by atoms with Gasteiger partial charge < -0.3 is 9.88 Å². The van der Waals surface area contributed by atoms with Crippen molar-refractivity contribution in [3.05, 3.63) is 24.3 Å². The highest BCUT2D eigenvalue weighted by Crippen LogP contribution is 2.23. The van der Waals surface area contributed by atoms with Gasteiger partial charge in [-0.25, -0.2) is 15.0 Å². The molecule has 16 heavy (non-hydrogen) atoms. The van der Waals surface area contributed by atoms with E-state index in [0.29, 0.717) is 0 Å². The molecule has 0 aromatic carbocycles. The first-order chi connectivity index (χ1) is 7.77. The van der Waals surface area contributed by atoms with E-state index in [4.69, 9.17) is 0 Å². The van der Waals surface area contributed by atoms with Gasteiger partial charge in [0.1, 0.15) is 17.8 Å². The number of anilines is 1. The topological polar surface area (TPSA) is 55.6 Å². The van der Waals surface area contributed by atoms with Crippen LogP contribution in [0.4, 0.5) is 5.82 Å². The SMILES string of the molecule is CCc1c(NC)ncnc1-c1nccn1C. The first-order valence-corrected chi connectivity index (χ1v) is 5.27. The van der Waals surface area contributed by atoms with Gasteiger partial charge in [-0.15, -0.1) is 0 Å². The van der Waals surface area contributed by atoms with Crippen LogP contribution in [-0.4, -0.2) is 26.6 Å². The number of nitrogens with one attached hydrogen (secondary N) is 1. The van der Waals surface area contributed by atoms with Crippen LogP contribution in [0.1, 0.15) is 12.5 Å². The fourth-order valence-corrected chi connectivity index (χ4v) is 1.75. The van der Waals surface area contributed by atoms with Gasteiger partial charge in [0.15, 0.2) is 5.82 Å². The molecule has 0 saturated carbocycles. The van der Waals surface area contributed by atoms with Crippen LogP contribution in [0.3, 0.4) is 0 Å². The molecule has 2 rings (SSSR count). The molecule has 5 nitrogen and oxygen atoms in total. The highest BCUT2D eigenvalue weighted by Gasteiger charge is 2.13. The maximum atomic E-state index is 4.33. The van der Waals surface area contributed by atoms with Crippen molar-refractivity contribution < 1.29 is 0 Å². The molecule has 0 saturated heterocycles. The quantitative estimate of drug-likeness (QED) is 0.846. The van der Waals surface area contributed by atoms with Crippen LogP contribution in [0.2, 0.25) is 0 Å². The average molecular weight is 217 g/mol. The molecule has 0 amide bonds. The fraction of sp³-hybridized carbons (Fsp3) is 0.364. The molecule has 2 aromatic heterocycles. The van der Waals surface area contributed by atoms with Gasteiger partial charge in [-0.3, -0.25) is 0 Å². The number of aryl methyl sites for hydroxylation is 1. The van der Waals surface area contributed by atoms with E-state index in [9.17, 15) is 0 Å². The maximum Gasteiger partial charge on any atom is 0.158 e. The van der Waals surface area contributed by atoms with Crippen molar-refractivity contribution in [2.24, 2.45) is 7.05 Å². The van der Waals surface area contributed by atoms with Crippen LogP contribution in [0.5, 0.6) is 0 Å². The second kappa shape index (κ2) is 4.30. The number of hydrogen-bond acceptors (Lipinski definition) is 4. The molecule has 84 valence electrons. The number of rotatable bonds is 3. The average Bonchev–Trinajstić information content (AvgIpc) is 2.74. The summed E-state index contributed by atoms with van der Waals surface area (Å²) in [5.41, 5.74) is 1.99. The minimum Gasteiger partial charge on any atom is -0.373 e. The molecule has 2 heterocycles. The standard InChI is InChI=1S/C11H15N5/c1-4-8-9(11-13-5-6-16(11)3)14-7-15-10(8)12-2/h5-7H,4H2,1-3H3,(H,12,14,15). The predicted molar refractivity (Wildman–Crippen MR) is 63.2 cm³/mol. The van der Waals surface area contributed by atoms with Gasteiger partial charge >= 0.3 is 0 Å². The first-order valence-electron chi connectivity index (χ1n) is 5.27. The number of hydrogen-bond donors (Lipinski definition) is 1. The minimum absolute atomic E-state index is 0.871. The molecule has 0 unspecified atom stereocenters. The Morgan fingerprint density at radius 3 is 2.69 bits per heavy atom. The molecule has 0 spiro atoms. The molecule has 0 fully saturated rings. The van der Waals surface area contributed by atoms with Crippen molar-refractivity contribution in [2.75, 3.05) is 12.4 Å². The first kappa shape index (κ1) is 10.6. The molecule has 0 aliphatic rings. The summed E-state index contributed by atoms with van der Waals surface area (Å²) in [6, 6.07) is 0. The molecule has 0 aliphatic carbocycles. The summed E-state index contributed by atoms with van der Waals surface area (Å²) < 4.78 is 1.96. The third kappa shape index (κ3) is 1.64. The Morgan fingerprint density at radius 1 is 1.31 bits per heavy atom. The van der Waals surface area contributed by atoms with Crippen molar-refractivity contribution in [1.29, 1.82) is 0 Å². The van der Waals surface area contributed by atoms with Gasteiger partial charge in [-0.1, -0.05) is 6.92 Å². The Morgan fingerprint density at radius 2 is 2.12 bits per heavy atom. The van der Waals surface area contributed by atoms with Crippen LogP contribution in [0, 0.1) is 0 Å². The Kier molecular flexibility index (Phi) is 2.85. The molecule has 1 N–H and O–H groups in total. The summed E-state index contributed by atoms with van der Waals surface area (Å²) >= 11 is 0. The number of nitrogens with zero attached hydrogens (tertiary/aromatic N) is 4. The lowest BCUT2D eigenvalue weighted by Crippen LogP contribution is -2.04. The second-order valence-electron chi connectivity index (χ2n) is 3.51. The van der Waals surface area contributed by atoms with Gasteiger partial charge in [-0.05, 0) is 6.42 Å². The third-order valence-corrected chi connectivity index (χ3v) is 2.57. The smallest absolute Gasteiger partial charge is 0.158 e. The molecular formula is C11H15N5. The van der Waals surface area contributed by atoms with Crippen molar-refractivity contribution in [1.82, 2.24) is 19.5 Å². The van der Waals surface area contributed by atoms with E-state index in [1.807, 2.05) is 24.9 Å². The third-order valence-electron chi connectivity index (χ3n) is 2.57. The van der Waals surface area contributed by atoms with Gasteiger partial charge in [-0.2, -0.15) is 0 Å². The van der Waals surface area contributed by atoms with E-state index in [-0.39, 0.29) is 0 Å². The highest BCUT2D eigenvalue weighted by molar-refractivity contribution is 5.63. The van der Waals surface area contributed by atoms with E-state index in [2.05, 4.69) is 27.2 Å². The lowest BCUT2D eigenvalue weighted by molar-refractivity contribution is 0.906. The predicted octanol–water partition coefficient (Wildman–Crippen LogP) is 1.48. The number of imidazole rings is 1. The summed E-state index contributed by atoms with van der Waals surface area (Å²) in [6.45, 7) is 2.09. The zero-order valence-corrected chi connectivity index (χ0v) is 9.73. The van der Waals surface area contributed by atoms with Crippen LogP contribution < -0.4 is 5.32 Å². The zero-order chi connectivity index (χ0) is 11.5. The molecule has 0 aliphatic heterocycles. The van der Waals surface area contributed by atoms with Crippen molar-refractivity contribution in [3.8, 4) is 11.5 Å². The maximum absolute atomic E-state index is 4.33. The van der Waals surface area contributed by atoms with E-state index < -0.39 is 0 Å². The van der Waals surface area contributed by atoms with Crippen molar-refractivity contribution in [3.63, 3.8) is 0 Å². The van der Waals surface area contributed by atoms with Gasteiger partial charge in [0.2, 0.25) is 0 Å².